The van der Waals surface area contributed by atoms with Gasteiger partial charge in [0.1, 0.15) is 5.75 Å². The fraction of sp³-hybridized carbons (Fsp3) is 0.222. The van der Waals surface area contributed by atoms with Crippen LogP contribution < -0.4 is 14.6 Å². The van der Waals surface area contributed by atoms with Crippen molar-refractivity contribution in [3.05, 3.63) is 54.1 Å². The van der Waals surface area contributed by atoms with Crippen LogP contribution in [-0.2, 0) is 9.59 Å². The van der Waals surface area contributed by atoms with Crippen LogP contribution in [0.15, 0.2) is 58.9 Å². The number of ether oxygens (including phenoxy) is 1. The van der Waals surface area contributed by atoms with E-state index in [0.717, 1.165) is 5.56 Å². The van der Waals surface area contributed by atoms with Crippen molar-refractivity contribution in [3.8, 4) is 5.75 Å². The number of imide groups is 1. The second-order valence-electron chi connectivity index (χ2n) is 5.99. The summed E-state index contributed by atoms with van der Waals surface area (Å²) in [4.78, 5) is 26.8. The third kappa shape index (κ3) is 2.36. The Morgan fingerprint density at radius 1 is 1.00 bits per heavy atom. The molecule has 0 spiro atoms. The minimum Gasteiger partial charge on any atom is -0.497 e. The lowest BCUT2D eigenvalue weighted by Gasteiger charge is -2.21. The van der Waals surface area contributed by atoms with Crippen molar-refractivity contribution in [1.82, 2.24) is 0 Å². The van der Waals surface area contributed by atoms with Crippen LogP contribution in [0.2, 0.25) is 0 Å². The molecule has 0 bridgehead atoms. The van der Waals surface area contributed by atoms with Crippen molar-refractivity contribution in [2.24, 2.45) is 10.3 Å². The minimum atomic E-state index is -0.819. The van der Waals surface area contributed by atoms with E-state index in [4.69, 9.17) is 4.74 Å². The molecule has 0 unspecified atom stereocenters. The Labute approximate surface area is 144 Å². The number of fused-ring (bicyclic) bond motifs is 1. The standard InChI is InChI=1S/C18H16N4O3/c1-11-6-8-12(9-7-11)21-17(23)15-16(18(21)24)22(20-19-15)13-4-3-5-14(10-13)25-2/h3-10,15-16H,1-2H3/t15-,16+/m1/s1. The number of hydrogen-bond donors (Lipinski definition) is 0. The Balaban J connectivity index is 1.69. The zero-order valence-electron chi connectivity index (χ0n) is 13.8. The highest BCUT2D eigenvalue weighted by Crippen LogP contribution is 2.35. The first-order valence-electron chi connectivity index (χ1n) is 7.88. The zero-order valence-corrected chi connectivity index (χ0v) is 13.8. The van der Waals surface area contributed by atoms with Crippen molar-refractivity contribution in [3.63, 3.8) is 0 Å². The summed E-state index contributed by atoms with van der Waals surface area (Å²) >= 11 is 0. The second-order valence-corrected chi connectivity index (χ2v) is 5.99. The maximum Gasteiger partial charge on any atom is 0.263 e. The molecule has 0 saturated carbocycles. The molecule has 4 rings (SSSR count). The first kappa shape index (κ1) is 15.3. The molecule has 0 N–H and O–H groups in total. The first-order chi connectivity index (χ1) is 12.1. The van der Waals surface area contributed by atoms with Crippen molar-refractivity contribution in [1.29, 1.82) is 0 Å². The normalized spacial score (nSPS) is 21.8. The zero-order chi connectivity index (χ0) is 17.6. The van der Waals surface area contributed by atoms with Crippen molar-refractivity contribution in [2.75, 3.05) is 17.0 Å². The van der Waals surface area contributed by atoms with Gasteiger partial charge in [-0.2, -0.15) is 5.11 Å². The minimum absolute atomic E-state index is 0.327. The van der Waals surface area contributed by atoms with Crippen LogP contribution in [0.5, 0.6) is 5.75 Å². The van der Waals surface area contributed by atoms with Gasteiger partial charge in [-0.05, 0) is 31.2 Å². The van der Waals surface area contributed by atoms with Crippen LogP contribution in [0.25, 0.3) is 0 Å². The number of carbonyl (C=O) groups excluding carboxylic acids is 2. The van der Waals surface area contributed by atoms with E-state index in [1.165, 1.54) is 9.91 Å². The van der Waals surface area contributed by atoms with Gasteiger partial charge in [-0.1, -0.05) is 29.0 Å². The summed E-state index contributed by atoms with van der Waals surface area (Å²) < 4.78 is 5.21. The molecule has 1 fully saturated rings. The van der Waals surface area contributed by atoms with Crippen molar-refractivity contribution < 1.29 is 14.3 Å². The third-order valence-electron chi connectivity index (χ3n) is 4.39. The van der Waals surface area contributed by atoms with Gasteiger partial charge in [0.05, 0.1) is 18.5 Å². The van der Waals surface area contributed by atoms with Crippen molar-refractivity contribution in [2.45, 2.75) is 19.0 Å². The van der Waals surface area contributed by atoms with Gasteiger partial charge in [-0.15, -0.1) is 0 Å². The number of aryl methyl sites for hydroxylation is 1. The Hall–Kier alpha value is -3.22. The molecular formula is C18H16N4O3. The van der Waals surface area contributed by atoms with Gasteiger partial charge in [-0.3, -0.25) is 9.59 Å². The Morgan fingerprint density at radius 3 is 2.48 bits per heavy atom. The molecule has 2 aliphatic rings. The van der Waals surface area contributed by atoms with E-state index >= 15 is 0 Å². The third-order valence-corrected chi connectivity index (χ3v) is 4.39. The number of anilines is 2. The van der Waals surface area contributed by atoms with Crippen LogP contribution >= 0.6 is 0 Å². The molecule has 7 nitrogen and oxygen atoms in total. The second kappa shape index (κ2) is 5.70. The van der Waals surface area contributed by atoms with Gasteiger partial charge in [0.2, 0.25) is 0 Å². The van der Waals surface area contributed by atoms with Crippen LogP contribution in [0.1, 0.15) is 5.56 Å². The highest BCUT2D eigenvalue weighted by Gasteiger charge is 2.55. The lowest BCUT2D eigenvalue weighted by Crippen LogP contribution is -2.39. The molecule has 1 saturated heterocycles. The number of hydrogen-bond acceptors (Lipinski definition) is 6. The Morgan fingerprint density at radius 2 is 1.76 bits per heavy atom. The van der Waals surface area contributed by atoms with E-state index in [2.05, 4.69) is 10.3 Å². The summed E-state index contributed by atoms with van der Waals surface area (Å²) in [6.07, 6.45) is 0. The number of benzene rings is 2. The summed E-state index contributed by atoms with van der Waals surface area (Å²) in [5.74, 6) is -0.0389. The fourth-order valence-corrected chi connectivity index (χ4v) is 3.07. The molecule has 0 radical (unpaired) electrons. The van der Waals surface area contributed by atoms with E-state index < -0.39 is 12.1 Å². The molecule has 2 heterocycles. The summed E-state index contributed by atoms with van der Waals surface area (Å²) in [6, 6.07) is 12.8. The molecule has 2 atom stereocenters. The van der Waals surface area contributed by atoms with Gasteiger partial charge < -0.3 is 4.74 Å². The molecule has 126 valence electrons. The predicted octanol–water partition coefficient (Wildman–Crippen LogP) is 2.50. The maximum absolute atomic E-state index is 12.9. The van der Waals surface area contributed by atoms with E-state index in [-0.39, 0.29) is 11.8 Å². The molecular weight excluding hydrogens is 320 g/mol. The average molecular weight is 336 g/mol. The summed E-state index contributed by atoms with van der Waals surface area (Å²) in [6.45, 7) is 1.95. The molecule has 0 aromatic heterocycles. The van der Waals surface area contributed by atoms with E-state index in [1.54, 1.807) is 43.5 Å². The summed E-state index contributed by atoms with van der Waals surface area (Å²) in [7, 11) is 1.57. The summed E-state index contributed by atoms with van der Waals surface area (Å²) in [5.41, 5.74) is 2.26. The predicted molar refractivity (Wildman–Crippen MR) is 91.6 cm³/mol. The van der Waals surface area contributed by atoms with E-state index in [9.17, 15) is 9.59 Å². The number of methoxy groups -OCH3 is 1. The monoisotopic (exact) mass is 336 g/mol. The van der Waals surface area contributed by atoms with E-state index in [1.807, 2.05) is 19.1 Å². The largest absolute Gasteiger partial charge is 0.497 e. The fourth-order valence-electron chi connectivity index (χ4n) is 3.07. The first-order valence-corrected chi connectivity index (χ1v) is 7.88. The topological polar surface area (TPSA) is 74.6 Å². The van der Waals surface area contributed by atoms with Gasteiger partial charge in [0.25, 0.3) is 11.8 Å². The molecule has 2 amide bonds. The molecule has 2 aromatic rings. The number of nitrogens with zero attached hydrogens (tertiary/aromatic N) is 4. The number of carbonyl (C=O) groups is 2. The smallest absolute Gasteiger partial charge is 0.263 e. The van der Waals surface area contributed by atoms with E-state index in [0.29, 0.717) is 17.1 Å². The molecule has 25 heavy (non-hydrogen) atoms. The maximum atomic E-state index is 12.9. The van der Waals surface area contributed by atoms with Gasteiger partial charge in [0, 0.05) is 6.07 Å². The highest BCUT2D eigenvalue weighted by molar-refractivity contribution is 6.26. The number of rotatable bonds is 3. The van der Waals surface area contributed by atoms with Crippen molar-refractivity contribution >= 4 is 23.2 Å². The van der Waals surface area contributed by atoms with Gasteiger partial charge in [0.15, 0.2) is 12.1 Å². The quantitative estimate of drug-likeness (QED) is 0.807. The Bertz CT molecular complexity index is 878. The molecule has 2 aromatic carbocycles. The average Bonchev–Trinajstić information content (AvgIpc) is 3.17. The van der Waals surface area contributed by atoms with Gasteiger partial charge >= 0.3 is 0 Å². The SMILES string of the molecule is COc1cccc(N2N=N[C@H]3C(=O)N(c4ccc(C)cc4)C(=O)[C@H]32)c1. The lowest BCUT2D eigenvalue weighted by atomic mass is 10.1. The number of amides is 2. The molecule has 0 aliphatic carbocycles. The van der Waals surface area contributed by atoms with Crippen LogP contribution in [0, 0.1) is 6.92 Å². The van der Waals surface area contributed by atoms with Crippen LogP contribution in [0.3, 0.4) is 0 Å². The van der Waals surface area contributed by atoms with Crippen LogP contribution in [0.4, 0.5) is 11.4 Å². The highest BCUT2D eigenvalue weighted by atomic mass is 16.5. The Kier molecular flexibility index (Phi) is 3.49. The lowest BCUT2D eigenvalue weighted by molar-refractivity contribution is -0.121. The summed E-state index contributed by atoms with van der Waals surface area (Å²) in [5, 5.41) is 9.56. The molecule has 7 heteroatoms. The van der Waals surface area contributed by atoms with Crippen LogP contribution in [-0.4, -0.2) is 31.0 Å². The van der Waals surface area contributed by atoms with Gasteiger partial charge in [-0.25, -0.2) is 9.91 Å². The molecule has 2 aliphatic heterocycles.